The molecule has 4 fully saturated rings. The Morgan fingerprint density at radius 2 is 2.00 bits per heavy atom. The third-order valence-electron chi connectivity index (χ3n) is 4.78. The molecule has 0 amide bonds. The summed E-state index contributed by atoms with van der Waals surface area (Å²) in [4.78, 5) is 12.1. The quantitative estimate of drug-likeness (QED) is 0.700. The van der Waals surface area contributed by atoms with Crippen molar-refractivity contribution < 1.29 is 19.0 Å². The van der Waals surface area contributed by atoms with E-state index in [-0.39, 0.29) is 11.6 Å². The van der Waals surface area contributed by atoms with Crippen LogP contribution in [0.25, 0.3) is 0 Å². The Bertz CT molecular complexity index is 342. The predicted octanol–water partition coefficient (Wildman–Crippen LogP) is 0.217. The van der Waals surface area contributed by atoms with Crippen LogP contribution < -0.4 is 5.73 Å². The summed E-state index contributed by atoms with van der Waals surface area (Å²) < 4.78 is 16.6. The van der Waals surface area contributed by atoms with Gasteiger partial charge in [0.05, 0.1) is 18.3 Å². The lowest BCUT2D eigenvalue weighted by Gasteiger charge is -2.46. The van der Waals surface area contributed by atoms with Gasteiger partial charge in [-0.1, -0.05) is 0 Å². The maximum Gasteiger partial charge on any atom is 0.314 e. The number of ether oxygens (including phenoxy) is 3. The molecule has 4 rings (SSSR count). The SMILES string of the molecule is COC(=O)C12CC(CN)(C1)OC21CCOCC1. The van der Waals surface area contributed by atoms with E-state index in [2.05, 4.69) is 0 Å². The molecule has 3 heterocycles. The van der Waals surface area contributed by atoms with E-state index in [0.29, 0.717) is 32.6 Å². The summed E-state index contributed by atoms with van der Waals surface area (Å²) in [6.45, 7) is 1.78. The number of nitrogens with two attached hydrogens (primary N) is 1. The Morgan fingerprint density at radius 1 is 1.35 bits per heavy atom. The molecule has 2 bridgehead atoms. The molecule has 1 aliphatic carbocycles. The number of hydrogen-bond acceptors (Lipinski definition) is 5. The van der Waals surface area contributed by atoms with Crippen LogP contribution in [0, 0.1) is 5.41 Å². The average molecular weight is 241 g/mol. The zero-order valence-electron chi connectivity index (χ0n) is 10.2. The van der Waals surface area contributed by atoms with Crippen molar-refractivity contribution in [2.45, 2.75) is 36.9 Å². The first-order valence-corrected chi connectivity index (χ1v) is 6.19. The van der Waals surface area contributed by atoms with Gasteiger partial charge in [-0.25, -0.2) is 0 Å². The van der Waals surface area contributed by atoms with E-state index in [0.717, 1.165) is 12.8 Å². The molecule has 5 nitrogen and oxygen atoms in total. The summed E-state index contributed by atoms with van der Waals surface area (Å²) >= 11 is 0. The van der Waals surface area contributed by atoms with Gasteiger partial charge in [-0.15, -0.1) is 0 Å². The normalized spacial score (nSPS) is 42.2. The van der Waals surface area contributed by atoms with Crippen molar-refractivity contribution in [2.75, 3.05) is 26.9 Å². The molecule has 5 heteroatoms. The van der Waals surface area contributed by atoms with Crippen LogP contribution in [0.4, 0.5) is 0 Å². The van der Waals surface area contributed by atoms with Gasteiger partial charge in [0.15, 0.2) is 0 Å². The summed E-state index contributed by atoms with van der Waals surface area (Å²) in [5, 5.41) is 0. The maximum atomic E-state index is 12.1. The van der Waals surface area contributed by atoms with Crippen molar-refractivity contribution in [2.24, 2.45) is 11.1 Å². The van der Waals surface area contributed by atoms with Gasteiger partial charge < -0.3 is 19.9 Å². The van der Waals surface area contributed by atoms with Crippen molar-refractivity contribution in [1.82, 2.24) is 0 Å². The minimum atomic E-state index is -0.467. The average Bonchev–Trinajstić information content (AvgIpc) is 2.74. The number of hydrogen-bond donors (Lipinski definition) is 1. The van der Waals surface area contributed by atoms with Gasteiger partial charge in [0.25, 0.3) is 0 Å². The molecule has 0 unspecified atom stereocenters. The highest BCUT2D eigenvalue weighted by molar-refractivity contribution is 5.81. The fourth-order valence-electron chi connectivity index (χ4n) is 3.95. The van der Waals surface area contributed by atoms with Crippen LogP contribution in [0.5, 0.6) is 0 Å². The molecule has 96 valence electrons. The van der Waals surface area contributed by atoms with Gasteiger partial charge in [0.2, 0.25) is 0 Å². The third kappa shape index (κ3) is 1.22. The van der Waals surface area contributed by atoms with E-state index in [1.54, 1.807) is 0 Å². The fraction of sp³-hybridized carbons (Fsp3) is 0.917. The van der Waals surface area contributed by atoms with E-state index >= 15 is 0 Å². The van der Waals surface area contributed by atoms with E-state index in [1.165, 1.54) is 7.11 Å². The van der Waals surface area contributed by atoms with Crippen LogP contribution in [-0.4, -0.2) is 44.0 Å². The van der Waals surface area contributed by atoms with Crippen molar-refractivity contribution in [3.05, 3.63) is 0 Å². The molecule has 1 saturated carbocycles. The van der Waals surface area contributed by atoms with Crippen molar-refractivity contribution in [1.29, 1.82) is 0 Å². The Hall–Kier alpha value is -0.650. The molecular formula is C12H19NO4. The van der Waals surface area contributed by atoms with E-state index in [9.17, 15) is 4.79 Å². The monoisotopic (exact) mass is 241 g/mol. The smallest absolute Gasteiger partial charge is 0.314 e. The van der Waals surface area contributed by atoms with Crippen LogP contribution in [0.15, 0.2) is 0 Å². The largest absolute Gasteiger partial charge is 0.469 e. The number of carbonyl (C=O) groups excluding carboxylic acids is 1. The van der Waals surface area contributed by atoms with Crippen LogP contribution in [0.2, 0.25) is 0 Å². The number of esters is 1. The van der Waals surface area contributed by atoms with Gasteiger partial charge in [-0.3, -0.25) is 4.79 Å². The highest BCUT2D eigenvalue weighted by Crippen LogP contribution is 2.69. The molecule has 0 radical (unpaired) electrons. The molecular weight excluding hydrogens is 222 g/mol. The zero-order chi connectivity index (χ0) is 12.1. The molecule has 1 spiro atoms. The Kier molecular flexibility index (Phi) is 2.31. The molecule has 2 N–H and O–H groups in total. The lowest BCUT2D eigenvalue weighted by Crippen LogP contribution is -2.57. The lowest BCUT2D eigenvalue weighted by atomic mass is 9.54. The van der Waals surface area contributed by atoms with Crippen molar-refractivity contribution in [3.8, 4) is 0 Å². The van der Waals surface area contributed by atoms with Gasteiger partial charge in [0.1, 0.15) is 5.41 Å². The van der Waals surface area contributed by atoms with Crippen molar-refractivity contribution in [3.63, 3.8) is 0 Å². The predicted molar refractivity (Wildman–Crippen MR) is 59.3 cm³/mol. The Labute approximate surface area is 101 Å². The second kappa shape index (κ2) is 3.43. The fourth-order valence-corrected chi connectivity index (χ4v) is 3.95. The zero-order valence-corrected chi connectivity index (χ0v) is 10.2. The summed E-state index contributed by atoms with van der Waals surface area (Å²) in [5.41, 5.74) is 4.64. The molecule has 3 saturated heterocycles. The summed E-state index contributed by atoms with van der Waals surface area (Å²) in [7, 11) is 1.45. The van der Waals surface area contributed by atoms with Crippen LogP contribution >= 0.6 is 0 Å². The third-order valence-corrected chi connectivity index (χ3v) is 4.78. The summed E-state index contributed by atoms with van der Waals surface area (Å²) in [6.07, 6.45) is 2.96. The molecule has 0 aromatic heterocycles. The van der Waals surface area contributed by atoms with Gasteiger partial charge in [-0.2, -0.15) is 0 Å². The second-order valence-electron chi connectivity index (χ2n) is 5.52. The topological polar surface area (TPSA) is 70.8 Å². The first kappa shape index (κ1) is 11.4. The second-order valence-corrected chi connectivity index (χ2v) is 5.52. The molecule has 4 aliphatic rings. The first-order valence-electron chi connectivity index (χ1n) is 6.19. The van der Waals surface area contributed by atoms with E-state index < -0.39 is 11.0 Å². The van der Waals surface area contributed by atoms with Gasteiger partial charge in [0, 0.05) is 32.6 Å². The summed E-state index contributed by atoms with van der Waals surface area (Å²) in [6, 6.07) is 0. The van der Waals surface area contributed by atoms with Gasteiger partial charge in [-0.05, 0) is 12.8 Å². The Balaban J connectivity index is 1.95. The van der Waals surface area contributed by atoms with E-state index in [1.807, 2.05) is 0 Å². The summed E-state index contributed by atoms with van der Waals surface area (Å²) in [5.74, 6) is -0.138. The minimum Gasteiger partial charge on any atom is -0.469 e. The number of methoxy groups -OCH3 is 1. The van der Waals surface area contributed by atoms with Crippen LogP contribution in [-0.2, 0) is 19.0 Å². The first-order chi connectivity index (χ1) is 8.12. The number of carbonyl (C=O) groups is 1. The minimum absolute atomic E-state index is 0.138. The standard InChI is InChI=1S/C12H19NO4/c1-15-9(14)11-6-10(7-11,8-13)17-12(11)2-4-16-5-3-12/h2-8,13H2,1H3. The maximum absolute atomic E-state index is 12.1. The highest BCUT2D eigenvalue weighted by atomic mass is 16.6. The molecule has 0 aromatic carbocycles. The van der Waals surface area contributed by atoms with Gasteiger partial charge >= 0.3 is 5.97 Å². The molecule has 3 aliphatic heterocycles. The van der Waals surface area contributed by atoms with E-state index in [4.69, 9.17) is 19.9 Å². The Morgan fingerprint density at radius 3 is 2.53 bits per heavy atom. The molecule has 0 atom stereocenters. The molecule has 17 heavy (non-hydrogen) atoms. The highest BCUT2D eigenvalue weighted by Gasteiger charge is 2.78. The number of rotatable bonds is 2. The lowest BCUT2D eigenvalue weighted by molar-refractivity contribution is -0.167. The molecule has 0 aromatic rings. The van der Waals surface area contributed by atoms with Crippen LogP contribution in [0.3, 0.4) is 0 Å². The van der Waals surface area contributed by atoms with Crippen molar-refractivity contribution >= 4 is 5.97 Å². The van der Waals surface area contributed by atoms with Crippen LogP contribution in [0.1, 0.15) is 25.7 Å².